The summed E-state index contributed by atoms with van der Waals surface area (Å²) in [4.78, 5) is 57.7. The molecule has 0 fully saturated rings. The van der Waals surface area contributed by atoms with Crippen LogP contribution in [0, 0.1) is 5.92 Å². The minimum atomic E-state index is -4.59. The van der Waals surface area contributed by atoms with Gasteiger partial charge in [0, 0.05) is 7.05 Å². The van der Waals surface area contributed by atoms with Crippen LogP contribution in [-0.2, 0) is 29.7 Å². The first-order valence-corrected chi connectivity index (χ1v) is 10.8. The first-order chi connectivity index (χ1) is 17.4. The van der Waals surface area contributed by atoms with Crippen molar-refractivity contribution in [2.45, 2.75) is 33.1 Å². The third kappa shape index (κ3) is 5.00. The van der Waals surface area contributed by atoms with Gasteiger partial charge in [-0.15, -0.1) is 13.2 Å². The van der Waals surface area contributed by atoms with Gasteiger partial charge in [-0.3, -0.25) is 23.5 Å². The van der Waals surface area contributed by atoms with Gasteiger partial charge in [0.1, 0.15) is 11.9 Å². The Hall–Kier alpha value is -4.71. The fourth-order valence-electron chi connectivity index (χ4n) is 3.72. The average Bonchev–Trinajstić information content (AvgIpc) is 3.23. The number of rotatable bonds is 6. The number of ketones is 1. The standard InChI is InChI=1S/C23H19F3N7O4/c1-12(34)9-33-21(36)19-20(31(3)22(33)37)28-11-32(19)10-18(35)30-17-6-4-5-16(29-17)14-7-15(23(24,25)26)13(2)27-8-14/h4-8,11H,9-10H2,1-3H3/q+1. The van der Waals surface area contributed by atoms with Gasteiger partial charge in [-0.2, -0.15) is 0 Å². The van der Waals surface area contributed by atoms with E-state index in [1.165, 1.54) is 56.2 Å². The van der Waals surface area contributed by atoms with Gasteiger partial charge in [-0.25, -0.2) is 9.78 Å². The van der Waals surface area contributed by atoms with E-state index in [0.29, 0.717) is 0 Å². The predicted molar refractivity (Wildman–Crippen MR) is 128 cm³/mol. The van der Waals surface area contributed by atoms with E-state index >= 15 is 0 Å². The summed E-state index contributed by atoms with van der Waals surface area (Å²) >= 11 is 0. The highest BCUT2D eigenvalue weighted by Crippen LogP contribution is 2.33. The quantitative estimate of drug-likeness (QED) is 0.359. The van der Waals surface area contributed by atoms with E-state index in [2.05, 4.69) is 20.0 Å². The number of carbonyl (C=O) groups excluding carboxylic acids is 2. The molecule has 37 heavy (non-hydrogen) atoms. The summed E-state index contributed by atoms with van der Waals surface area (Å²) in [5, 5.41) is 3.88. The normalized spacial score (nSPS) is 13.5. The lowest BCUT2D eigenvalue weighted by Gasteiger charge is -2.15. The van der Waals surface area contributed by atoms with Crippen LogP contribution in [0.1, 0.15) is 19.5 Å². The van der Waals surface area contributed by atoms with E-state index < -0.39 is 48.1 Å². The average molecular weight is 514 g/mol. The molecule has 0 saturated carbocycles. The van der Waals surface area contributed by atoms with Crippen molar-refractivity contribution in [3.8, 4) is 0 Å². The number of aromatic nitrogens is 5. The number of halogens is 3. The van der Waals surface area contributed by atoms with Gasteiger partial charge in [0.2, 0.25) is 0 Å². The van der Waals surface area contributed by atoms with Gasteiger partial charge in [-0.1, -0.05) is 22.6 Å². The first kappa shape index (κ1) is 25.4. The Bertz CT molecular complexity index is 1650. The minimum Gasteiger partial charge on any atom is -0.417 e. The molecule has 0 spiro atoms. The van der Waals surface area contributed by atoms with Crippen LogP contribution in [0.15, 0.2) is 40.2 Å². The van der Waals surface area contributed by atoms with Crippen molar-refractivity contribution in [3.05, 3.63) is 68.4 Å². The predicted octanol–water partition coefficient (Wildman–Crippen LogP) is 1.25. The Balaban J connectivity index is 1.60. The van der Waals surface area contributed by atoms with Crippen molar-refractivity contribution in [1.29, 1.82) is 0 Å². The monoisotopic (exact) mass is 514 g/mol. The molecular weight excluding hydrogens is 495 g/mol. The van der Waals surface area contributed by atoms with Crippen molar-refractivity contribution in [1.82, 2.24) is 28.3 Å². The number of alkyl halides is 3. The Morgan fingerprint density at radius 2 is 1.92 bits per heavy atom. The molecule has 0 aliphatic carbocycles. The molecule has 0 unspecified atom stereocenters. The maximum atomic E-state index is 13.3. The topological polar surface area (TPSA) is 137 Å². The van der Waals surface area contributed by atoms with Crippen LogP contribution in [0.25, 0.3) is 22.1 Å². The summed E-state index contributed by atoms with van der Waals surface area (Å²) in [5.41, 5.74) is -1.52. The Kier molecular flexibility index (Phi) is 6.44. The number of hydrogen-bond acceptors (Lipinski definition) is 6. The lowest BCUT2D eigenvalue weighted by atomic mass is 9.97. The van der Waals surface area contributed by atoms with E-state index in [-0.39, 0.29) is 34.0 Å². The Labute approximate surface area is 206 Å². The number of imidazole rings is 1. The molecule has 0 atom stereocenters. The Morgan fingerprint density at radius 3 is 2.59 bits per heavy atom. The van der Waals surface area contributed by atoms with Gasteiger partial charge in [-0.05, 0) is 13.0 Å². The molecule has 11 nitrogen and oxygen atoms in total. The number of fused-ring (bicyclic) bond motifs is 1. The number of Topliss-reactive ketones (excluding diaryl/α,β-unsaturated/α-hetero) is 1. The number of aryl methyl sites for hydroxylation is 1. The van der Waals surface area contributed by atoms with Crippen LogP contribution in [0.3, 0.4) is 0 Å². The van der Waals surface area contributed by atoms with E-state index in [9.17, 15) is 32.3 Å². The van der Waals surface area contributed by atoms with Crippen LogP contribution >= 0.6 is 0 Å². The fourth-order valence-corrected chi connectivity index (χ4v) is 3.72. The van der Waals surface area contributed by atoms with Crippen molar-refractivity contribution < 1.29 is 22.8 Å². The first-order valence-electron chi connectivity index (χ1n) is 10.8. The zero-order chi connectivity index (χ0) is 27.1. The van der Waals surface area contributed by atoms with Crippen molar-refractivity contribution in [3.63, 3.8) is 0 Å². The molecule has 0 aromatic carbocycles. The van der Waals surface area contributed by atoms with Crippen molar-refractivity contribution in [2.75, 3.05) is 0 Å². The largest absolute Gasteiger partial charge is 0.499 e. The summed E-state index contributed by atoms with van der Waals surface area (Å²) in [6, 6.07) is 4.32. The smallest absolute Gasteiger partial charge is 0.417 e. The fraction of sp³-hybridized carbons (Fsp3) is 0.261. The number of pyridine rings is 1. The summed E-state index contributed by atoms with van der Waals surface area (Å²) in [6.07, 6.45) is -1.24. The van der Waals surface area contributed by atoms with Gasteiger partial charge in [0.15, 0.2) is 22.6 Å². The molecule has 4 heterocycles. The molecule has 0 bridgehead atoms. The number of allylic oxidation sites excluding steroid dienone is 2. The van der Waals surface area contributed by atoms with E-state index in [1.54, 1.807) is 0 Å². The van der Waals surface area contributed by atoms with Gasteiger partial charge >= 0.3 is 23.8 Å². The zero-order valence-corrected chi connectivity index (χ0v) is 19.8. The highest BCUT2D eigenvalue weighted by atomic mass is 19.4. The molecule has 4 rings (SSSR count). The lowest BCUT2D eigenvalue weighted by molar-refractivity contribution is -0.118. The molecule has 190 valence electrons. The molecule has 1 amide bonds. The third-order valence-electron chi connectivity index (χ3n) is 5.45. The molecule has 3 aromatic rings. The molecule has 0 radical (unpaired) electrons. The van der Waals surface area contributed by atoms with Crippen molar-refractivity contribution in [2.24, 2.45) is 7.05 Å². The summed E-state index contributed by atoms with van der Waals surface area (Å²) < 4.78 is 46.6. The van der Waals surface area contributed by atoms with Crippen LogP contribution in [0.5, 0.6) is 0 Å². The van der Waals surface area contributed by atoms with Crippen LogP contribution < -0.4 is 15.9 Å². The Morgan fingerprint density at radius 1 is 1.19 bits per heavy atom. The van der Waals surface area contributed by atoms with E-state index in [1.807, 2.05) is 0 Å². The number of nitrogens with zero attached hydrogens (tertiary/aromatic N) is 7. The minimum absolute atomic E-state index is 0.0232. The van der Waals surface area contributed by atoms with Gasteiger partial charge in [0.05, 0.1) is 32.0 Å². The van der Waals surface area contributed by atoms with Gasteiger partial charge < -0.3 is 14.9 Å². The van der Waals surface area contributed by atoms with Crippen LogP contribution in [0.2, 0.25) is 0 Å². The molecule has 1 aliphatic rings. The molecule has 0 saturated heterocycles. The van der Waals surface area contributed by atoms with Gasteiger partial charge in [0.25, 0.3) is 11.5 Å². The summed E-state index contributed by atoms with van der Waals surface area (Å²) in [6.45, 7) is 1.59. The zero-order valence-electron chi connectivity index (χ0n) is 19.8. The summed E-state index contributed by atoms with van der Waals surface area (Å²) in [5.74, 6) is -2.12. The number of hydrogen-bond donors (Lipinski definition) is 0. The number of carbonyl (C=O) groups is 2. The second kappa shape index (κ2) is 9.39. The highest BCUT2D eigenvalue weighted by molar-refractivity contribution is 6.17. The van der Waals surface area contributed by atoms with E-state index in [0.717, 1.165) is 15.2 Å². The molecular formula is C23H19F3N7O4+. The highest BCUT2D eigenvalue weighted by Gasteiger charge is 2.55. The SMILES string of the molecule is CC(=O)Cn1c(=O)c2c(ncn2CC(=O)[N-]c2cccc(C3=C[C+](C(F)(F)F)C(C)=[N+]=C3)n2)n(C)c1=O. The van der Waals surface area contributed by atoms with E-state index in [4.69, 9.17) is 0 Å². The van der Waals surface area contributed by atoms with Crippen LogP contribution in [0.4, 0.5) is 19.0 Å². The second-order valence-electron chi connectivity index (χ2n) is 8.22. The molecule has 14 heteroatoms. The maximum absolute atomic E-state index is 13.3. The van der Waals surface area contributed by atoms with Crippen molar-refractivity contribution >= 4 is 46.2 Å². The molecule has 1 aliphatic heterocycles. The summed E-state index contributed by atoms with van der Waals surface area (Å²) in [7, 11) is 1.38. The second-order valence-corrected chi connectivity index (χ2v) is 8.22. The van der Waals surface area contributed by atoms with Crippen LogP contribution in [-0.4, -0.2) is 53.5 Å². The molecule has 0 N–H and O–H groups in total. The maximum Gasteiger partial charge on any atom is 0.499 e. The third-order valence-corrected chi connectivity index (χ3v) is 5.45. The number of amides is 1. The lowest BCUT2D eigenvalue weighted by Crippen LogP contribution is -2.41. The molecule has 3 aromatic heterocycles.